The largest absolute Gasteiger partial charge is 0.469 e. The lowest BCUT2D eigenvalue weighted by molar-refractivity contribution is -0.147. The molecule has 1 heterocycles. The second-order valence-electron chi connectivity index (χ2n) is 4.19. The molecule has 0 aromatic heterocycles. The third-order valence-corrected chi connectivity index (χ3v) is 2.97. The Kier molecular flexibility index (Phi) is 5.48. The maximum Gasteiger partial charge on any atom is 0.337 e. The molecule has 0 saturated carbocycles. The number of ether oxygens (including phenoxy) is 3. The summed E-state index contributed by atoms with van der Waals surface area (Å²) in [5.41, 5.74) is 0.672. The fourth-order valence-electron chi connectivity index (χ4n) is 2.27. The van der Waals surface area contributed by atoms with Crippen LogP contribution in [-0.4, -0.2) is 26.0 Å². The molecule has 0 unspecified atom stereocenters. The quantitative estimate of drug-likeness (QED) is 0.695. The summed E-state index contributed by atoms with van der Waals surface area (Å²) in [6.45, 7) is 6.47. The van der Waals surface area contributed by atoms with E-state index in [1.807, 2.05) is 6.92 Å². The van der Waals surface area contributed by atoms with Crippen LogP contribution in [0.4, 0.5) is 0 Å². The number of allylic oxidation sites excluding steroid dienone is 1. The molecule has 0 bridgehead atoms. The van der Waals surface area contributed by atoms with E-state index < -0.39 is 0 Å². The zero-order valence-corrected chi connectivity index (χ0v) is 11.1. The van der Waals surface area contributed by atoms with Gasteiger partial charge in [0.25, 0.3) is 0 Å². The average molecular weight is 242 g/mol. The van der Waals surface area contributed by atoms with E-state index in [4.69, 9.17) is 14.2 Å². The zero-order valence-electron chi connectivity index (χ0n) is 11.1. The van der Waals surface area contributed by atoms with Gasteiger partial charge in [-0.3, -0.25) is 0 Å². The van der Waals surface area contributed by atoms with Crippen LogP contribution >= 0.6 is 0 Å². The fourth-order valence-corrected chi connectivity index (χ4v) is 2.27. The molecule has 1 aliphatic rings. The lowest BCUT2D eigenvalue weighted by Gasteiger charge is -2.31. The summed E-state index contributed by atoms with van der Waals surface area (Å²) in [7, 11) is 1.40. The number of esters is 1. The van der Waals surface area contributed by atoms with Gasteiger partial charge in [-0.15, -0.1) is 0 Å². The van der Waals surface area contributed by atoms with Crippen LogP contribution < -0.4 is 0 Å². The molecule has 1 rings (SSSR count). The first kappa shape index (κ1) is 14.0. The van der Waals surface area contributed by atoms with Crippen molar-refractivity contribution in [2.75, 3.05) is 13.7 Å². The number of hydrogen-bond acceptors (Lipinski definition) is 4. The van der Waals surface area contributed by atoms with Crippen LogP contribution in [0.15, 0.2) is 11.3 Å². The van der Waals surface area contributed by atoms with E-state index in [1.54, 1.807) is 6.92 Å². The highest BCUT2D eigenvalue weighted by molar-refractivity contribution is 5.89. The van der Waals surface area contributed by atoms with Crippen molar-refractivity contribution in [2.45, 2.75) is 46.3 Å². The Morgan fingerprint density at radius 1 is 1.47 bits per heavy atom. The van der Waals surface area contributed by atoms with E-state index >= 15 is 0 Å². The van der Waals surface area contributed by atoms with Crippen LogP contribution in [0.1, 0.15) is 40.0 Å². The van der Waals surface area contributed by atoms with Gasteiger partial charge in [-0.25, -0.2) is 4.79 Å². The molecule has 0 radical (unpaired) electrons. The van der Waals surface area contributed by atoms with Crippen molar-refractivity contribution in [1.82, 2.24) is 0 Å². The van der Waals surface area contributed by atoms with Gasteiger partial charge in [0.1, 0.15) is 5.76 Å². The van der Waals surface area contributed by atoms with E-state index in [9.17, 15) is 4.79 Å². The van der Waals surface area contributed by atoms with Gasteiger partial charge in [0.15, 0.2) is 6.29 Å². The molecule has 1 aliphatic heterocycles. The molecule has 0 amide bonds. The highest BCUT2D eigenvalue weighted by Crippen LogP contribution is 2.33. The summed E-state index contributed by atoms with van der Waals surface area (Å²) in [4.78, 5) is 11.7. The van der Waals surface area contributed by atoms with Gasteiger partial charge in [-0.05, 0) is 20.3 Å². The van der Waals surface area contributed by atoms with Gasteiger partial charge < -0.3 is 14.2 Å². The summed E-state index contributed by atoms with van der Waals surface area (Å²) < 4.78 is 15.9. The molecule has 0 N–H and O–H groups in total. The number of hydrogen-bond donors (Lipinski definition) is 0. The lowest BCUT2D eigenvalue weighted by atomic mass is 9.88. The van der Waals surface area contributed by atoms with Gasteiger partial charge in [0, 0.05) is 18.9 Å². The van der Waals surface area contributed by atoms with Gasteiger partial charge in [0.05, 0.1) is 12.7 Å². The molecule has 98 valence electrons. The second-order valence-corrected chi connectivity index (χ2v) is 4.19. The molecule has 0 fully saturated rings. The third-order valence-electron chi connectivity index (χ3n) is 2.97. The van der Waals surface area contributed by atoms with E-state index in [1.165, 1.54) is 7.11 Å². The highest BCUT2D eigenvalue weighted by Gasteiger charge is 2.33. The Morgan fingerprint density at radius 3 is 2.71 bits per heavy atom. The fraction of sp³-hybridized carbons (Fsp3) is 0.769. The summed E-state index contributed by atoms with van der Waals surface area (Å²) in [6, 6.07) is 0. The monoisotopic (exact) mass is 242 g/mol. The third kappa shape index (κ3) is 3.46. The molecule has 0 spiro atoms. The van der Waals surface area contributed by atoms with Crippen molar-refractivity contribution in [3.63, 3.8) is 0 Å². The van der Waals surface area contributed by atoms with Crippen LogP contribution in [0, 0.1) is 5.92 Å². The maximum absolute atomic E-state index is 11.7. The highest BCUT2D eigenvalue weighted by atomic mass is 16.7. The first-order valence-electron chi connectivity index (χ1n) is 6.21. The predicted molar refractivity (Wildman–Crippen MR) is 64.2 cm³/mol. The SMILES string of the molecule is CCC[C@@H]1C[C@H](OCC)OC(C)=C1C(=O)OC. The summed E-state index contributed by atoms with van der Waals surface area (Å²) >= 11 is 0. The van der Waals surface area contributed by atoms with E-state index in [-0.39, 0.29) is 18.2 Å². The molecule has 0 aromatic carbocycles. The minimum absolute atomic E-state index is 0.178. The first-order chi connectivity index (χ1) is 8.13. The van der Waals surface area contributed by atoms with Crippen LogP contribution in [0.5, 0.6) is 0 Å². The molecule has 0 saturated heterocycles. The molecule has 17 heavy (non-hydrogen) atoms. The number of methoxy groups -OCH3 is 1. The number of rotatable bonds is 5. The Bertz CT molecular complexity index is 296. The van der Waals surface area contributed by atoms with Crippen LogP contribution in [0.25, 0.3) is 0 Å². The zero-order chi connectivity index (χ0) is 12.8. The smallest absolute Gasteiger partial charge is 0.337 e. The summed E-state index contributed by atoms with van der Waals surface area (Å²) in [6.07, 6.45) is 2.47. The van der Waals surface area contributed by atoms with Crippen molar-refractivity contribution in [2.24, 2.45) is 5.92 Å². The summed E-state index contributed by atoms with van der Waals surface area (Å²) in [5, 5.41) is 0. The van der Waals surface area contributed by atoms with Crippen molar-refractivity contribution in [3.05, 3.63) is 11.3 Å². The maximum atomic E-state index is 11.7. The standard InChI is InChI=1S/C13H22O4/c1-5-7-10-8-11(16-6-2)17-9(3)12(10)13(14)15-4/h10-11H,5-8H2,1-4H3/t10-,11-/m1/s1. The topological polar surface area (TPSA) is 44.8 Å². The van der Waals surface area contributed by atoms with Gasteiger partial charge in [-0.2, -0.15) is 0 Å². The van der Waals surface area contributed by atoms with Gasteiger partial charge in [0.2, 0.25) is 0 Å². The molecule has 2 atom stereocenters. The molecular formula is C13H22O4. The Balaban J connectivity index is 2.87. The Morgan fingerprint density at radius 2 is 2.18 bits per heavy atom. The average Bonchev–Trinajstić information content (AvgIpc) is 2.29. The first-order valence-corrected chi connectivity index (χ1v) is 6.21. The number of carbonyl (C=O) groups is 1. The van der Waals surface area contributed by atoms with Gasteiger partial charge in [-0.1, -0.05) is 13.3 Å². The van der Waals surface area contributed by atoms with Crippen LogP contribution in [-0.2, 0) is 19.0 Å². The normalized spacial score (nSPS) is 24.5. The molecule has 0 aromatic rings. The van der Waals surface area contributed by atoms with Crippen molar-refractivity contribution in [3.8, 4) is 0 Å². The van der Waals surface area contributed by atoms with Gasteiger partial charge >= 0.3 is 5.97 Å². The van der Waals surface area contributed by atoms with E-state index in [0.717, 1.165) is 19.3 Å². The molecule has 0 aliphatic carbocycles. The molecule has 4 nitrogen and oxygen atoms in total. The van der Waals surface area contributed by atoms with Crippen molar-refractivity contribution in [1.29, 1.82) is 0 Å². The van der Waals surface area contributed by atoms with E-state index in [2.05, 4.69) is 6.92 Å². The van der Waals surface area contributed by atoms with Crippen LogP contribution in [0.3, 0.4) is 0 Å². The van der Waals surface area contributed by atoms with E-state index in [0.29, 0.717) is 17.9 Å². The predicted octanol–water partition coefficient (Wildman–Crippen LogP) is 2.63. The van der Waals surface area contributed by atoms with Crippen molar-refractivity contribution < 1.29 is 19.0 Å². The summed E-state index contributed by atoms with van der Waals surface area (Å²) in [5.74, 6) is 0.536. The number of carbonyl (C=O) groups excluding carboxylic acids is 1. The Hall–Kier alpha value is -1.03. The minimum Gasteiger partial charge on any atom is -0.469 e. The Labute approximate surface area is 103 Å². The lowest BCUT2D eigenvalue weighted by Crippen LogP contribution is -2.30. The van der Waals surface area contributed by atoms with Crippen LogP contribution in [0.2, 0.25) is 0 Å². The molecular weight excluding hydrogens is 220 g/mol. The van der Waals surface area contributed by atoms with Crippen molar-refractivity contribution >= 4 is 5.97 Å². The molecule has 4 heteroatoms. The second kappa shape index (κ2) is 6.64. The minimum atomic E-state index is -0.282.